The van der Waals surface area contributed by atoms with Gasteiger partial charge in [0.25, 0.3) is 0 Å². The molecule has 18 heavy (non-hydrogen) atoms. The lowest BCUT2D eigenvalue weighted by Crippen LogP contribution is -2.24. The zero-order valence-corrected chi connectivity index (χ0v) is 10.6. The number of H-pyrrole nitrogens is 1. The average Bonchev–Trinajstić information content (AvgIpc) is 2.99. The molecule has 1 aromatic heterocycles. The smallest absolute Gasteiger partial charge is 0.228 e. The number of halogens is 1. The zero-order valence-electron chi connectivity index (χ0n) is 9.77. The number of nitrogens with one attached hydrogen (secondary N) is 3. The minimum atomic E-state index is 0. The second kappa shape index (κ2) is 5.37. The van der Waals surface area contributed by atoms with Crippen LogP contribution in [-0.4, -0.2) is 29.2 Å². The van der Waals surface area contributed by atoms with Crippen LogP contribution < -0.4 is 10.6 Å². The highest BCUT2D eigenvalue weighted by molar-refractivity contribution is 5.95. The summed E-state index contributed by atoms with van der Waals surface area (Å²) in [6.07, 6.45) is 2.68. The first-order valence-corrected chi connectivity index (χ1v) is 5.77. The van der Waals surface area contributed by atoms with Crippen molar-refractivity contribution >= 4 is 34.9 Å². The van der Waals surface area contributed by atoms with E-state index in [4.69, 9.17) is 0 Å². The third-order valence-electron chi connectivity index (χ3n) is 3.14. The van der Waals surface area contributed by atoms with E-state index in [-0.39, 0.29) is 24.2 Å². The summed E-state index contributed by atoms with van der Waals surface area (Å²) in [5.74, 6) is 0.182. The first-order chi connectivity index (χ1) is 8.33. The van der Waals surface area contributed by atoms with Gasteiger partial charge in [0.2, 0.25) is 5.91 Å². The number of carbonyl (C=O) groups excluding carboxylic acids is 1. The number of hydrogen-bond acceptors (Lipinski definition) is 3. The molecule has 6 heteroatoms. The molecule has 1 fully saturated rings. The Labute approximate surface area is 111 Å². The Morgan fingerprint density at radius 1 is 1.44 bits per heavy atom. The second-order valence-corrected chi connectivity index (χ2v) is 4.35. The fourth-order valence-corrected chi connectivity index (χ4v) is 2.14. The largest absolute Gasteiger partial charge is 0.326 e. The number of anilines is 1. The van der Waals surface area contributed by atoms with E-state index < -0.39 is 0 Å². The highest BCUT2D eigenvalue weighted by atomic mass is 35.5. The molecule has 0 aliphatic carbocycles. The van der Waals surface area contributed by atoms with E-state index >= 15 is 0 Å². The number of carbonyl (C=O) groups is 1. The highest BCUT2D eigenvalue weighted by Gasteiger charge is 2.22. The van der Waals surface area contributed by atoms with Crippen molar-refractivity contribution in [2.24, 2.45) is 5.92 Å². The summed E-state index contributed by atoms with van der Waals surface area (Å²) in [6.45, 7) is 1.70. The third kappa shape index (κ3) is 2.47. The Hall–Kier alpha value is -1.59. The van der Waals surface area contributed by atoms with Crippen molar-refractivity contribution in [2.75, 3.05) is 18.4 Å². The molecular formula is C12H15ClN4O. The normalized spacial score (nSPS) is 18.6. The van der Waals surface area contributed by atoms with Gasteiger partial charge in [0.15, 0.2) is 0 Å². The van der Waals surface area contributed by atoms with E-state index in [1.165, 1.54) is 0 Å². The molecular weight excluding hydrogens is 252 g/mol. The quantitative estimate of drug-likeness (QED) is 0.772. The summed E-state index contributed by atoms with van der Waals surface area (Å²) >= 11 is 0. The molecule has 0 bridgehead atoms. The van der Waals surface area contributed by atoms with Crippen molar-refractivity contribution in [2.45, 2.75) is 6.42 Å². The van der Waals surface area contributed by atoms with Crippen molar-refractivity contribution in [3.8, 4) is 0 Å². The molecule has 1 saturated heterocycles. The van der Waals surface area contributed by atoms with Crippen LogP contribution in [0.3, 0.4) is 0 Å². The van der Waals surface area contributed by atoms with Crippen molar-refractivity contribution < 1.29 is 4.79 Å². The maximum atomic E-state index is 11.9. The lowest BCUT2D eigenvalue weighted by atomic mass is 10.1. The average molecular weight is 267 g/mol. The fraction of sp³-hybridized carbons (Fsp3) is 0.333. The molecule has 5 nitrogen and oxygen atoms in total. The van der Waals surface area contributed by atoms with Crippen LogP contribution in [-0.2, 0) is 4.79 Å². The minimum Gasteiger partial charge on any atom is -0.326 e. The number of hydrogen-bond donors (Lipinski definition) is 3. The lowest BCUT2D eigenvalue weighted by Gasteiger charge is -2.09. The molecule has 0 saturated carbocycles. The molecule has 96 valence electrons. The first-order valence-electron chi connectivity index (χ1n) is 5.77. The number of fused-ring (bicyclic) bond motifs is 1. The van der Waals surface area contributed by atoms with Crippen LogP contribution in [0.5, 0.6) is 0 Å². The molecule has 3 rings (SSSR count). The minimum absolute atomic E-state index is 0. The van der Waals surface area contributed by atoms with E-state index in [0.717, 1.165) is 36.1 Å². The van der Waals surface area contributed by atoms with Crippen LogP contribution in [0.2, 0.25) is 0 Å². The summed E-state index contributed by atoms with van der Waals surface area (Å²) in [5, 5.41) is 14.0. The van der Waals surface area contributed by atoms with Crippen LogP contribution in [0.25, 0.3) is 10.9 Å². The van der Waals surface area contributed by atoms with E-state index in [0.29, 0.717) is 0 Å². The van der Waals surface area contributed by atoms with Gasteiger partial charge in [-0.1, -0.05) is 0 Å². The molecule has 1 unspecified atom stereocenters. The number of rotatable bonds is 2. The summed E-state index contributed by atoms with van der Waals surface area (Å²) in [4.78, 5) is 11.9. The number of amides is 1. The highest BCUT2D eigenvalue weighted by Crippen LogP contribution is 2.18. The van der Waals surface area contributed by atoms with Gasteiger partial charge in [-0.05, 0) is 31.2 Å². The molecule has 1 atom stereocenters. The summed E-state index contributed by atoms with van der Waals surface area (Å²) in [6, 6.07) is 5.75. The van der Waals surface area contributed by atoms with E-state index in [2.05, 4.69) is 20.8 Å². The van der Waals surface area contributed by atoms with Gasteiger partial charge >= 0.3 is 0 Å². The summed E-state index contributed by atoms with van der Waals surface area (Å²) < 4.78 is 0. The molecule has 2 heterocycles. The first kappa shape index (κ1) is 12.9. The number of nitrogens with zero attached hydrogens (tertiary/aromatic N) is 1. The lowest BCUT2D eigenvalue weighted by molar-refractivity contribution is -0.119. The Bertz CT molecular complexity index is 548. The Morgan fingerprint density at radius 3 is 3.11 bits per heavy atom. The van der Waals surface area contributed by atoms with Crippen molar-refractivity contribution in [1.82, 2.24) is 15.5 Å². The van der Waals surface area contributed by atoms with Crippen molar-refractivity contribution in [3.63, 3.8) is 0 Å². The Balaban J connectivity index is 0.00000120. The molecule has 1 aliphatic heterocycles. The summed E-state index contributed by atoms with van der Waals surface area (Å²) in [5.41, 5.74) is 1.76. The van der Waals surface area contributed by atoms with Gasteiger partial charge in [-0.15, -0.1) is 12.4 Å². The van der Waals surface area contributed by atoms with Gasteiger partial charge in [0.05, 0.1) is 17.6 Å². The number of benzene rings is 1. The molecule has 1 amide bonds. The number of aromatic nitrogens is 2. The molecule has 0 radical (unpaired) electrons. The second-order valence-electron chi connectivity index (χ2n) is 4.35. The third-order valence-corrected chi connectivity index (χ3v) is 3.14. The van der Waals surface area contributed by atoms with Gasteiger partial charge in [0.1, 0.15) is 0 Å². The number of aromatic amines is 1. The van der Waals surface area contributed by atoms with Crippen molar-refractivity contribution in [3.05, 3.63) is 24.4 Å². The van der Waals surface area contributed by atoms with E-state index in [9.17, 15) is 4.79 Å². The Kier molecular flexibility index (Phi) is 3.84. The van der Waals surface area contributed by atoms with Crippen LogP contribution in [0.1, 0.15) is 6.42 Å². The van der Waals surface area contributed by atoms with Gasteiger partial charge in [-0.2, -0.15) is 5.10 Å². The van der Waals surface area contributed by atoms with Gasteiger partial charge in [-0.3, -0.25) is 9.89 Å². The van der Waals surface area contributed by atoms with Gasteiger partial charge in [0, 0.05) is 17.6 Å². The van der Waals surface area contributed by atoms with E-state index in [1.54, 1.807) is 6.20 Å². The molecule has 0 spiro atoms. The molecule has 1 aromatic carbocycles. The maximum Gasteiger partial charge on any atom is 0.228 e. The molecule has 3 N–H and O–H groups in total. The standard InChI is InChI=1S/C12H14N4O.ClH/c17-12(9-3-4-13-6-9)15-10-2-1-8-7-14-16-11(8)5-10;/h1-2,5,7,9,13H,3-4,6H2,(H,14,16)(H,15,17);1H. The zero-order chi connectivity index (χ0) is 11.7. The van der Waals surface area contributed by atoms with Gasteiger partial charge < -0.3 is 10.6 Å². The van der Waals surface area contributed by atoms with Crippen LogP contribution in [0, 0.1) is 5.92 Å². The summed E-state index contributed by atoms with van der Waals surface area (Å²) in [7, 11) is 0. The molecule has 2 aromatic rings. The monoisotopic (exact) mass is 266 g/mol. The molecule has 1 aliphatic rings. The SMILES string of the molecule is Cl.O=C(Nc1ccc2cn[nH]c2c1)C1CCNC1. The topological polar surface area (TPSA) is 69.8 Å². The van der Waals surface area contributed by atoms with Crippen LogP contribution >= 0.6 is 12.4 Å². The predicted molar refractivity (Wildman–Crippen MR) is 72.9 cm³/mol. The Morgan fingerprint density at radius 2 is 2.33 bits per heavy atom. The van der Waals surface area contributed by atoms with Crippen LogP contribution in [0.15, 0.2) is 24.4 Å². The fourth-order valence-electron chi connectivity index (χ4n) is 2.14. The maximum absolute atomic E-state index is 11.9. The van der Waals surface area contributed by atoms with Crippen molar-refractivity contribution in [1.29, 1.82) is 0 Å². The van der Waals surface area contributed by atoms with Crippen LogP contribution in [0.4, 0.5) is 5.69 Å². The van der Waals surface area contributed by atoms with E-state index in [1.807, 2.05) is 18.2 Å². The predicted octanol–water partition coefficient (Wildman–Crippen LogP) is 1.53. The van der Waals surface area contributed by atoms with Gasteiger partial charge in [-0.25, -0.2) is 0 Å².